The molecule has 0 spiro atoms. The Labute approximate surface area is 170 Å². The van der Waals surface area contributed by atoms with Crippen LogP contribution in [0.1, 0.15) is 11.3 Å². The van der Waals surface area contributed by atoms with E-state index in [0.717, 1.165) is 21.6 Å². The topological polar surface area (TPSA) is 57.8 Å². The van der Waals surface area contributed by atoms with Crippen LogP contribution >= 0.6 is 15.9 Å². The van der Waals surface area contributed by atoms with Gasteiger partial charge in [0.25, 0.3) is 5.56 Å². The highest BCUT2D eigenvalue weighted by Gasteiger charge is 2.14. The van der Waals surface area contributed by atoms with Crippen molar-refractivity contribution in [1.82, 2.24) is 14.0 Å². The monoisotopic (exact) mass is 439 g/mol. The van der Waals surface area contributed by atoms with Crippen molar-refractivity contribution < 1.29 is 9.47 Å². The molecule has 3 heterocycles. The Morgan fingerprint density at radius 3 is 2.64 bits per heavy atom. The van der Waals surface area contributed by atoms with E-state index >= 15 is 0 Å². The fourth-order valence-corrected chi connectivity index (χ4v) is 3.31. The van der Waals surface area contributed by atoms with Crippen molar-refractivity contribution >= 4 is 21.6 Å². The van der Waals surface area contributed by atoms with Gasteiger partial charge in [0.05, 0.1) is 18.5 Å². The summed E-state index contributed by atoms with van der Waals surface area (Å²) < 4.78 is 15.6. The summed E-state index contributed by atoms with van der Waals surface area (Å²) in [5, 5.41) is 0. The minimum absolute atomic E-state index is 0.115. The van der Waals surface area contributed by atoms with Gasteiger partial charge >= 0.3 is 0 Å². The molecule has 4 rings (SSSR count). The molecule has 0 N–H and O–H groups in total. The van der Waals surface area contributed by atoms with Crippen LogP contribution < -0.4 is 15.0 Å². The highest BCUT2D eigenvalue weighted by atomic mass is 79.9. The molecular formula is C21H18BrN3O3. The maximum Gasteiger partial charge on any atom is 0.255 e. The summed E-state index contributed by atoms with van der Waals surface area (Å²) in [5.74, 6) is 1.39. The van der Waals surface area contributed by atoms with Gasteiger partial charge in [-0.1, -0.05) is 18.2 Å². The summed E-state index contributed by atoms with van der Waals surface area (Å²) in [6.45, 7) is 2.29. The van der Waals surface area contributed by atoms with E-state index in [1.54, 1.807) is 23.9 Å². The Balaban J connectivity index is 1.76. The highest BCUT2D eigenvalue weighted by molar-refractivity contribution is 9.10. The zero-order valence-corrected chi connectivity index (χ0v) is 17.0. The summed E-state index contributed by atoms with van der Waals surface area (Å²) in [7, 11) is 1.64. The lowest BCUT2D eigenvalue weighted by atomic mass is 10.2. The molecule has 0 bridgehead atoms. The normalized spacial score (nSPS) is 11.0. The molecule has 0 unspecified atom stereocenters. The van der Waals surface area contributed by atoms with Crippen molar-refractivity contribution in [2.45, 2.75) is 13.5 Å². The van der Waals surface area contributed by atoms with Gasteiger partial charge in [-0.2, -0.15) is 0 Å². The SMILES string of the molecule is COc1ccc(COc2cc(-n3ccccc3=O)cn3c(Br)c(C)nc23)cc1. The molecule has 142 valence electrons. The van der Waals surface area contributed by atoms with Crippen LogP contribution in [0.5, 0.6) is 11.5 Å². The van der Waals surface area contributed by atoms with Crippen molar-refractivity contribution in [1.29, 1.82) is 0 Å². The smallest absolute Gasteiger partial charge is 0.255 e. The van der Waals surface area contributed by atoms with Crippen molar-refractivity contribution in [2.24, 2.45) is 0 Å². The van der Waals surface area contributed by atoms with Gasteiger partial charge in [0.2, 0.25) is 0 Å². The third-order valence-corrected chi connectivity index (χ3v) is 5.38. The number of hydrogen-bond donors (Lipinski definition) is 0. The maximum absolute atomic E-state index is 12.3. The zero-order chi connectivity index (χ0) is 19.7. The summed E-state index contributed by atoms with van der Waals surface area (Å²) in [6, 6.07) is 14.6. The van der Waals surface area contributed by atoms with E-state index in [9.17, 15) is 4.79 Å². The van der Waals surface area contributed by atoms with Crippen LogP contribution in [-0.4, -0.2) is 21.1 Å². The molecular weight excluding hydrogens is 422 g/mol. The van der Waals surface area contributed by atoms with Gasteiger partial charge in [0.1, 0.15) is 17.0 Å². The average Bonchev–Trinajstić information content (AvgIpc) is 3.01. The summed E-state index contributed by atoms with van der Waals surface area (Å²) in [6.07, 6.45) is 3.59. The lowest BCUT2D eigenvalue weighted by Gasteiger charge is -2.12. The maximum atomic E-state index is 12.3. The predicted octanol–water partition coefficient (Wildman–Crippen LogP) is 4.14. The highest BCUT2D eigenvalue weighted by Crippen LogP contribution is 2.28. The second kappa shape index (κ2) is 7.52. The molecule has 0 amide bonds. The van der Waals surface area contributed by atoms with Gasteiger partial charge < -0.3 is 9.47 Å². The second-order valence-electron chi connectivity index (χ2n) is 6.29. The summed E-state index contributed by atoms with van der Waals surface area (Å²) >= 11 is 3.57. The van der Waals surface area contributed by atoms with Crippen LogP contribution in [0, 0.1) is 6.92 Å². The Bertz CT molecular complexity index is 1200. The first kappa shape index (κ1) is 18.3. The Kier molecular flexibility index (Phi) is 4.92. The van der Waals surface area contributed by atoms with Crippen LogP contribution in [-0.2, 0) is 6.61 Å². The van der Waals surface area contributed by atoms with Crippen molar-refractivity contribution in [2.75, 3.05) is 7.11 Å². The second-order valence-corrected chi connectivity index (χ2v) is 7.04. The molecule has 7 heteroatoms. The fourth-order valence-electron chi connectivity index (χ4n) is 2.95. The molecule has 0 fully saturated rings. The van der Waals surface area contributed by atoms with E-state index in [1.807, 2.05) is 53.9 Å². The number of ether oxygens (including phenoxy) is 2. The standard InChI is InChI=1S/C21H18BrN3O3/c1-14-20(22)25-12-16(24-10-4-3-5-19(24)26)11-18(21(25)23-14)28-13-15-6-8-17(27-2)9-7-15/h3-12H,13H2,1-2H3. The third kappa shape index (κ3) is 3.41. The molecule has 1 aromatic carbocycles. The van der Waals surface area contributed by atoms with Gasteiger partial charge in [-0.25, -0.2) is 4.98 Å². The van der Waals surface area contributed by atoms with Crippen LogP contribution in [0.4, 0.5) is 0 Å². The number of methoxy groups -OCH3 is 1. The molecule has 0 aliphatic carbocycles. The first-order valence-corrected chi connectivity index (χ1v) is 9.48. The number of rotatable bonds is 5. The quantitative estimate of drug-likeness (QED) is 0.468. The molecule has 0 atom stereocenters. The Hall–Kier alpha value is -3.06. The molecule has 28 heavy (non-hydrogen) atoms. The number of pyridine rings is 2. The number of hydrogen-bond acceptors (Lipinski definition) is 4. The third-order valence-electron chi connectivity index (χ3n) is 4.43. The Morgan fingerprint density at radius 2 is 1.93 bits per heavy atom. The minimum Gasteiger partial charge on any atom is -0.497 e. The van der Waals surface area contributed by atoms with Gasteiger partial charge in [-0.15, -0.1) is 0 Å². The van der Waals surface area contributed by atoms with Crippen LogP contribution in [0.25, 0.3) is 11.3 Å². The Morgan fingerprint density at radius 1 is 1.14 bits per heavy atom. The molecule has 3 aromatic heterocycles. The van der Waals surface area contributed by atoms with Crippen LogP contribution in [0.3, 0.4) is 0 Å². The van der Waals surface area contributed by atoms with Gasteiger partial charge in [0.15, 0.2) is 11.4 Å². The fraction of sp³-hybridized carbons (Fsp3) is 0.143. The van der Waals surface area contributed by atoms with Gasteiger partial charge in [-0.05, 0) is 46.6 Å². The predicted molar refractivity (Wildman–Crippen MR) is 111 cm³/mol. The lowest BCUT2D eigenvalue weighted by Crippen LogP contribution is -2.16. The van der Waals surface area contributed by atoms with E-state index in [-0.39, 0.29) is 5.56 Å². The number of aryl methyl sites for hydroxylation is 1. The zero-order valence-electron chi connectivity index (χ0n) is 15.4. The number of nitrogens with zero attached hydrogens (tertiary/aromatic N) is 3. The van der Waals surface area contributed by atoms with Crippen molar-refractivity contribution in [3.05, 3.63) is 87.1 Å². The van der Waals surface area contributed by atoms with Crippen molar-refractivity contribution in [3.8, 4) is 17.2 Å². The number of fused-ring (bicyclic) bond motifs is 1. The van der Waals surface area contributed by atoms with Crippen molar-refractivity contribution in [3.63, 3.8) is 0 Å². The molecule has 6 nitrogen and oxygen atoms in total. The molecule has 4 aromatic rings. The minimum atomic E-state index is -0.115. The first-order chi connectivity index (χ1) is 13.6. The number of benzene rings is 1. The summed E-state index contributed by atoms with van der Waals surface area (Å²) in [5.41, 5.74) is 3.11. The molecule has 0 aliphatic rings. The van der Waals surface area contributed by atoms with E-state index in [4.69, 9.17) is 9.47 Å². The van der Waals surface area contributed by atoms with Gasteiger partial charge in [-0.3, -0.25) is 13.8 Å². The average molecular weight is 440 g/mol. The van der Waals surface area contributed by atoms with E-state index in [0.29, 0.717) is 23.7 Å². The van der Waals surface area contributed by atoms with Gasteiger partial charge in [0, 0.05) is 24.5 Å². The van der Waals surface area contributed by atoms with Crippen LogP contribution in [0.15, 0.2) is 70.3 Å². The van der Waals surface area contributed by atoms with E-state index < -0.39 is 0 Å². The molecule has 0 saturated carbocycles. The first-order valence-electron chi connectivity index (χ1n) is 8.69. The lowest BCUT2D eigenvalue weighted by molar-refractivity contribution is 0.307. The van der Waals surface area contributed by atoms with E-state index in [2.05, 4.69) is 20.9 Å². The largest absolute Gasteiger partial charge is 0.497 e. The molecule has 0 radical (unpaired) electrons. The van der Waals surface area contributed by atoms with Crippen LogP contribution in [0.2, 0.25) is 0 Å². The van der Waals surface area contributed by atoms with E-state index in [1.165, 1.54) is 6.07 Å². The number of halogens is 1. The number of aromatic nitrogens is 3. The molecule has 0 aliphatic heterocycles. The number of imidazole rings is 1. The summed E-state index contributed by atoms with van der Waals surface area (Å²) in [4.78, 5) is 16.9. The molecule has 0 saturated heterocycles.